The molecule has 0 aromatic rings. The molecule has 5 heteroatoms. The molecule has 14 heavy (non-hydrogen) atoms. The van der Waals surface area contributed by atoms with Gasteiger partial charge in [-0.3, -0.25) is 0 Å². The van der Waals surface area contributed by atoms with Gasteiger partial charge in [-0.15, -0.1) is 0 Å². The van der Waals surface area contributed by atoms with Crippen LogP contribution in [0.5, 0.6) is 0 Å². The summed E-state index contributed by atoms with van der Waals surface area (Å²) in [5, 5.41) is 8.84. The standard InChI is InChI=1S/C9H19NO3S/c1-9(2,3)14(12,13)10(6-7-11)8-4-5-8/h8,11H,4-7H2,1-3H3. The zero-order chi connectivity index (χ0) is 11.0. The monoisotopic (exact) mass is 221 g/mol. The molecule has 0 aromatic heterocycles. The van der Waals surface area contributed by atoms with E-state index >= 15 is 0 Å². The highest BCUT2D eigenvalue weighted by atomic mass is 32.2. The molecule has 84 valence electrons. The Morgan fingerprint density at radius 3 is 2.14 bits per heavy atom. The molecule has 0 heterocycles. The predicted octanol–water partition coefficient (Wildman–Crippen LogP) is 0.571. The maximum Gasteiger partial charge on any atom is 0.219 e. The van der Waals surface area contributed by atoms with Crippen LogP contribution in [0.15, 0.2) is 0 Å². The molecule has 1 rings (SSSR count). The fourth-order valence-electron chi connectivity index (χ4n) is 1.31. The summed E-state index contributed by atoms with van der Waals surface area (Å²) in [5.41, 5.74) is 0. The average Bonchev–Trinajstić information content (AvgIpc) is 2.80. The highest BCUT2D eigenvalue weighted by Crippen LogP contribution is 2.33. The van der Waals surface area contributed by atoms with Crippen LogP contribution in [0.2, 0.25) is 0 Å². The third-order valence-corrected chi connectivity index (χ3v) is 5.00. The summed E-state index contributed by atoms with van der Waals surface area (Å²) in [6, 6.07) is 0.131. The molecule has 0 aromatic carbocycles. The van der Waals surface area contributed by atoms with Gasteiger partial charge in [0.2, 0.25) is 10.0 Å². The van der Waals surface area contributed by atoms with E-state index in [1.54, 1.807) is 20.8 Å². The third-order valence-electron chi connectivity index (χ3n) is 2.36. The van der Waals surface area contributed by atoms with Crippen LogP contribution in [-0.4, -0.2) is 41.8 Å². The largest absolute Gasteiger partial charge is 0.395 e. The van der Waals surface area contributed by atoms with Gasteiger partial charge in [0, 0.05) is 12.6 Å². The number of nitrogens with zero attached hydrogens (tertiary/aromatic N) is 1. The second kappa shape index (κ2) is 3.79. The van der Waals surface area contributed by atoms with Crippen molar-refractivity contribution in [2.45, 2.75) is 44.4 Å². The minimum Gasteiger partial charge on any atom is -0.395 e. The summed E-state index contributed by atoms with van der Waals surface area (Å²) >= 11 is 0. The van der Waals surface area contributed by atoms with E-state index in [1.807, 2.05) is 0 Å². The molecule has 0 spiro atoms. The molecule has 1 N–H and O–H groups in total. The Kier molecular flexibility index (Phi) is 3.23. The van der Waals surface area contributed by atoms with Crippen LogP contribution in [0, 0.1) is 0 Å². The molecule has 1 fully saturated rings. The minimum atomic E-state index is -3.26. The van der Waals surface area contributed by atoms with Crippen LogP contribution in [-0.2, 0) is 10.0 Å². The molecule has 0 amide bonds. The first-order chi connectivity index (χ1) is 6.30. The van der Waals surface area contributed by atoms with Crippen molar-refractivity contribution in [3.63, 3.8) is 0 Å². The van der Waals surface area contributed by atoms with Crippen molar-refractivity contribution in [1.82, 2.24) is 4.31 Å². The fraction of sp³-hybridized carbons (Fsp3) is 1.00. The van der Waals surface area contributed by atoms with E-state index in [0.29, 0.717) is 0 Å². The number of aliphatic hydroxyl groups is 1. The van der Waals surface area contributed by atoms with Crippen LogP contribution in [0.3, 0.4) is 0 Å². The van der Waals surface area contributed by atoms with Gasteiger partial charge in [0.25, 0.3) is 0 Å². The Hall–Kier alpha value is -0.130. The zero-order valence-electron chi connectivity index (χ0n) is 9.02. The van der Waals surface area contributed by atoms with Gasteiger partial charge in [-0.1, -0.05) is 0 Å². The van der Waals surface area contributed by atoms with Crippen molar-refractivity contribution in [2.75, 3.05) is 13.2 Å². The predicted molar refractivity (Wildman–Crippen MR) is 55.5 cm³/mol. The molecule has 0 saturated heterocycles. The Morgan fingerprint density at radius 2 is 1.86 bits per heavy atom. The number of hydrogen-bond acceptors (Lipinski definition) is 3. The molecule has 4 nitrogen and oxygen atoms in total. The van der Waals surface area contributed by atoms with Crippen molar-refractivity contribution in [2.24, 2.45) is 0 Å². The van der Waals surface area contributed by atoms with Crippen LogP contribution in [0.1, 0.15) is 33.6 Å². The topological polar surface area (TPSA) is 57.6 Å². The summed E-state index contributed by atoms with van der Waals surface area (Å²) in [4.78, 5) is 0. The van der Waals surface area contributed by atoms with Gasteiger partial charge in [-0.2, -0.15) is 4.31 Å². The molecule has 1 saturated carbocycles. The lowest BCUT2D eigenvalue weighted by atomic mass is 10.3. The third kappa shape index (κ3) is 2.27. The number of aliphatic hydroxyl groups excluding tert-OH is 1. The lowest BCUT2D eigenvalue weighted by Gasteiger charge is -2.29. The van der Waals surface area contributed by atoms with E-state index in [1.165, 1.54) is 4.31 Å². The molecule has 1 aliphatic rings. The van der Waals surface area contributed by atoms with Crippen molar-refractivity contribution >= 4 is 10.0 Å². The van der Waals surface area contributed by atoms with E-state index < -0.39 is 14.8 Å². The second-order valence-corrected chi connectivity index (χ2v) is 7.33. The first-order valence-corrected chi connectivity index (χ1v) is 6.37. The van der Waals surface area contributed by atoms with E-state index in [-0.39, 0.29) is 19.2 Å². The fourth-order valence-corrected chi connectivity index (χ4v) is 2.94. The SMILES string of the molecule is CC(C)(C)S(=O)(=O)N(CCO)C1CC1. The zero-order valence-corrected chi connectivity index (χ0v) is 9.84. The van der Waals surface area contributed by atoms with Gasteiger partial charge in [-0.05, 0) is 33.6 Å². The summed E-state index contributed by atoms with van der Waals surface area (Å²) in [6.45, 7) is 5.19. The summed E-state index contributed by atoms with van der Waals surface area (Å²) in [7, 11) is -3.26. The lowest BCUT2D eigenvalue weighted by Crippen LogP contribution is -2.45. The van der Waals surface area contributed by atoms with Crippen LogP contribution in [0.25, 0.3) is 0 Å². The van der Waals surface area contributed by atoms with Crippen molar-refractivity contribution in [1.29, 1.82) is 0 Å². The maximum absolute atomic E-state index is 12.0. The van der Waals surface area contributed by atoms with Crippen LogP contribution >= 0.6 is 0 Å². The molecule has 1 aliphatic carbocycles. The lowest BCUT2D eigenvalue weighted by molar-refractivity contribution is 0.248. The summed E-state index contributed by atoms with van der Waals surface area (Å²) in [5.74, 6) is 0. The highest BCUT2D eigenvalue weighted by Gasteiger charge is 2.42. The Labute approximate surface area is 86.0 Å². The van der Waals surface area contributed by atoms with Crippen molar-refractivity contribution in [3.05, 3.63) is 0 Å². The summed E-state index contributed by atoms with van der Waals surface area (Å²) in [6.07, 6.45) is 1.85. The molecule has 0 aliphatic heterocycles. The quantitative estimate of drug-likeness (QED) is 0.755. The van der Waals surface area contributed by atoms with E-state index in [4.69, 9.17) is 5.11 Å². The second-order valence-electron chi connectivity index (χ2n) is 4.68. The summed E-state index contributed by atoms with van der Waals surface area (Å²) < 4.78 is 24.8. The first kappa shape index (κ1) is 11.9. The van der Waals surface area contributed by atoms with Gasteiger partial charge in [0.05, 0.1) is 11.4 Å². The van der Waals surface area contributed by atoms with Crippen molar-refractivity contribution < 1.29 is 13.5 Å². The average molecular weight is 221 g/mol. The molecule has 0 radical (unpaired) electrons. The maximum atomic E-state index is 12.0. The van der Waals surface area contributed by atoms with E-state index in [2.05, 4.69) is 0 Å². The van der Waals surface area contributed by atoms with E-state index in [0.717, 1.165) is 12.8 Å². The molecule has 0 atom stereocenters. The molecule has 0 bridgehead atoms. The van der Waals surface area contributed by atoms with Gasteiger partial charge in [0.1, 0.15) is 0 Å². The Balaban J connectivity index is 2.86. The van der Waals surface area contributed by atoms with E-state index in [9.17, 15) is 8.42 Å². The normalized spacial score (nSPS) is 18.9. The van der Waals surface area contributed by atoms with Gasteiger partial charge >= 0.3 is 0 Å². The minimum absolute atomic E-state index is 0.105. The molecular formula is C9H19NO3S. The van der Waals surface area contributed by atoms with Crippen LogP contribution < -0.4 is 0 Å². The Bertz CT molecular complexity index is 288. The number of sulfonamides is 1. The number of rotatable bonds is 4. The molecule has 0 unspecified atom stereocenters. The first-order valence-electron chi connectivity index (χ1n) is 4.93. The highest BCUT2D eigenvalue weighted by molar-refractivity contribution is 7.90. The van der Waals surface area contributed by atoms with Crippen LogP contribution in [0.4, 0.5) is 0 Å². The van der Waals surface area contributed by atoms with Gasteiger partial charge < -0.3 is 5.11 Å². The van der Waals surface area contributed by atoms with Gasteiger partial charge in [-0.25, -0.2) is 8.42 Å². The Morgan fingerprint density at radius 1 is 1.36 bits per heavy atom. The van der Waals surface area contributed by atoms with Gasteiger partial charge in [0.15, 0.2) is 0 Å². The molecular weight excluding hydrogens is 202 g/mol. The number of hydrogen-bond donors (Lipinski definition) is 1. The van der Waals surface area contributed by atoms with Crippen molar-refractivity contribution in [3.8, 4) is 0 Å². The smallest absolute Gasteiger partial charge is 0.219 e.